The third-order valence-corrected chi connectivity index (χ3v) is 3.16. The highest BCUT2D eigenvalue weighted by Crippen LogP contribution is 2.02. The van der Waals surface area contributed by atoms with Crippen molar-refractivity contribution in [2.45, 2.75) is 26.3 Å². The van der Waals surface area contributed by atoms with Crippen molar-refractivity contribution in [2.24, 2.45) is 0 Å². The molecule has 0 saturated heterocycles. The number of nitrogens with one attached hydrogen (secondary N) is 1. The minimum Gasteiger partial charge on any atom is -0.349 e. The van der Waals surface area contributed by atoms with E-state index in [0.29, 0.717) is 12.6 Å². The first-order valence-electron chi connectivity index (χ1n) is 6.02. The van der Waals surface area contributed by atoms with Crippen molar-refractivity contribution < 1.29 is 4.79 Å². The zero-order valence-corrected chi connectivity index (χ0v) is 11.7. The molecule has 1 amide bonds. The molecule has 0 aliphatic heterocycles. The van der Waals surface area contributed by atoms with Crippen LogP contribution in [0.25, 0.3) is 0 Å². The van der Waals surface area contributed by atoms with Crippen molar-refractivity contribution in [1.29, 1.82) is 0 Å². The number of rotatable bonds is 6. The number of hydrogen-bond donors (Lipinski definition) is 1. The van der Waals surface area contributed by atoms with Crippen molar-refractivity contribution in [3.05, 3.63) is 23.0 Å². The SMILES string of the molecule is CCC(C)N(C)CCNC(=O)c1ccc(Cl)nn1. The van der Waals surface area contributed by atoms with E-state index in [-0.39, 0.29) is 16.8 Å². The zero-order valence-electron chi connectivity index (χ0n) is 11.0. The van der Waals surface area contributed by atoms with Crippen molar-refractivity contribution >= 4 is 17.5 Å². The van der Waals surface area contributed by atoms with E-state index in [4.69, 9.17) is 11.6 Å². The number of likely N-dealkylation sites (N-methyl/N-ethyl adjacent to an activating group) is 1. The number of hydrogen-bond acceptors (Lipinski definition) is 4. The number of amides is 1. The Bertz CT molecular complexity index is 382. The maximum Gasteiger partial charge on any atom is 0.271 e. The molecule has 0 aliphatic carbocycles. The van der Waals surface area contributed by atoms with Gasteiger partial charge in [-0.1, -0.05) is 18.5 Å². The van der Waals surface area contributed by atoms with Gasteiger partial charge in [0.2, 0.25) is 0 Å². The fourth-order valence-corrected chi connectivity index (χ4v) is 1.51. The number of carbonyl (C=O) groups excluding carboxylic acids is 1. The maximum atomic E-state index is 11.7. The molecule has 1 rings (SSSR count). The fraction of sp³-hybridized carbons (Fsp3) is 0.583. The summed E-state index contributed by atoms with van der Waals surface area (Å²) in [7, 11) is 2.04. The van der Waals surface area contributed by atoms with Crippen LogP contribution < -0.4 is 5.32 Å². The van der Waals surface area contributed by atoms with Gasteiger partial charge in [0.15, 0.2) is 10.8 Å². The summed E-state index contributed by atoms with van der Waals surface area (Å²) in [5, 5.41) is 10.4. The van der Waals surface area contributed by atoms with Gasteiger partial charge >= 0.3 is 0 Å². The minimum atomic E-state index is -0.225. The van der Waals surface area contributed by atoms with Crippen LogP contribution in [0.4, 0.5) is 0 Å². The zero-order chi connectivity index (χ0) is 13.5. The second kappa shape index (κ2) is 7.28. The van der Waals surface area contributed by atoms with Gasteiger partial charge < -0.3 is 10.2 Å². The van der Waals surface area contributed by atoms with Gasteiger partial charge in [-0.2, -0.15) is 0 Å². The molecule has 100 valence electrons. The van der Waals surface area contributed by atoms with Crippen molar-refractivity contribution in [1.82, 2.24) is 20.4 Å². The van der Waals surface area contributed by atoms with E-state index in [2.05, 4.69) is 34.3 Å². The highest BCUT2D eigenvalue weighted by Gasteiger charge is 2.09. The van der Waals surface area contributed by atoms with Gasteiger partial charge in [-0.25, -0.2) is 0 Å². The molecule has 0 aliphatic rings. The minimum absolute atomic E-state index is 0.225. The molecule has 0 radical (unpaired) electrons. The Labute approximate surface area is 113 Å². The van der Waals surface area contributed by atoms with E-state index >= 15 is 0 Å². The second-order valence-electron chi connectivity index (χ2n) is 4.24. The molecule has 1 atom stereocenters. The van der Waals surface area contributed by atoms with E-state index in [9.17, 15) is 4.79 Å². The maximum absolute atomic E-state index is 11.7. The molecule has 1 heterocycles. The molecule has 0 bridgehead atoms. The fourth-order valence-electron chi connectivity index (χ4n) is 1.41. The Morgan fingerprint density at radius 3 is 2.78 bits per heavy atom. The molecular formula is C12H19ClN4O. The van der Waals surface area contributed by atoms with Crippen molar-refractivity contribution in [3.8, 4) is 0 Å². The standard InChI is InChI=1S/C12H19ClN4O/c1-4-9(2)17(3)8-7-14-12(18)10-5-6-11(13)16-15-10/h5-6,9H,4,7-8H2,1-3H3,(H,14,18). The highest BCUT2D eigenvalue weighted by molar-refractivity contribution is 6.29. The Balaban J connectivity index is 2.35. The summed E-state index contributed by atoms with van der Waals surface area (Å²) in [4.78, 5) is 13.9. The first-order chi connectivity index (χ1) is 8.54. The first kappa shape index (κ1) is 14.9. The Hall–Kier alpha value is -1.20. The van der Waals surface area contributed by atoms with Crippen LogP contribution in [0.15, 0.2) is 12.1 Å². The van der Waals surface area contributed by atoms with Crippen LogP contribution in [0.3, 0.4) is 0 Å². The van der Waals surface area contributed by atoms with Crippen LogP contribution in [0.2, 0.25) is 5.15 Å². The Morgan fingerprint density at radius 1 is 1.50 bits per heavy atom. The van der Waals surface area contributed by atoms with Crippen molar-refractivity contribution in [3.63, 3.8) is 0 Å². The third-order valence-electron chi connectivity index (χ3n) is 2.96. The third kappa shape index (κ3) is 4.58. The predicted octanol–water partition coefficient (Wildman–Crippen LogP) is 1.59. The molecule has 1 N–H and O–H groups in total. The molecular weight excluding hydrogens is 252 g/mol. The topological polar surface area (TPSA) is 58.1 Å². The van der Waals surface area contributed by atoms with Crippen LogP contribution in [0.5, 0.6) is 0 Å². The summed E-state index contributed by atoms with van der Waals surface area (Å²) >= 11 is 5.60. The number of carbonyl (C=O) groups is 1. The molecule has 1 aromatic heterocycles. The predicted molar refractivity (Wildman–Crippen MR) is 71.8 cm³/mol. The average molecular weight is 271 g/mol. The van der Waals surface area contributed by atoms with Gasteiger partial charge in [-0.15, -0.1) is 10.2 Å². The summed E-state index contributed by atoms with van der Waals surface area (Å²) in [5.74, 6) is -0.225. The second-order valence-corrected chi connectivity index (χ2v) is 4.62. The van der Waals surface area contributed by atoms with Gasteiger partial charge in [0, 0.05) is 19.1 Å². The quantitative estimate of drug-likeness (QED) is 0.853. The van der Waals surface area contributed by atoms with Gasteiger partial charge in [0.1, 0.15) is 0 Å². The first-order valence-corrected chi connectivity index (χ1v) is 6.40. The normalized spacial score (nSPS) is 12.5. The number of aromatic nitrogens is 2. The van der Waals surface area contributed by atoms with Crippen molar-refractivity contribution in [2.75, 3.05) is 20.1 Å². The smallest absolute Gasteiger partial charge is 0.271 e. The van der Waals surface area contributed by atoms with Gasteiger partial charge in [0.25, 0.3) is 5.91 Å². The molecule has 0 fully saturated rings. The molecule has 0 saturated carbocycles. The van der Waals surface area contributed by atoms with Gasteiger partial charge in [0.05, 0.1) is 0 Å². The molecule has 18 heavy (non-hydrogen) atoms. The molecule has 1 aromatic rings. The van der Waals surface area contributed by atoms with Gasteiger partial charge in [-0.05, 0) is 32.5 Å². The van der Waals surface area contributed by atoms with Crippen LogP contribution in [-0.4, -0.2) is 47.2 Å². The number of halogens is 1. The summed E-state index contributed by atoms with van der Waals surface area (Å²) in [6, 6.07) is 3.62. The molecule has 1 unspecified atom stereocenters. The number of nitrogens with zero attached hydrogens (tertiary/aromatic N) is 3. The summed E-state index contributed by atoms with van der Waals surface area (Å²) in [5.41, 5.74) is 0.283. The molecule has 0 aromatic carbocycles. The summed E-state index contributed by atoms with van der Waals surface area (Å²) < 4.78 is 0. The summed E-state index contributed by atoms with van der Waals surface area (Å²) in [6.45, 7) is 5.70. The van der Waals surface area contributed by atoms with Crippen LogP contribution in [0.1, 0.15) is 30.8 Å². The van der Waals surface area contributed by atoms with Crippen LogP contribution in [0, 0.1) is 0 Å². The Kier molecular flexibility index (Phi) is 6.01. The van der Waals surface area contributed by atoms with E-state index < -0.39 is 0 Å². The van der Waals surface area contributed by atoms with E-state index in [1.165, 1.54) is 0 Å². The monoisotopic (exact) mass is 270 g/mol. The lowest BCUT2D eigenvalue weighted by Crippen LogP contribution is -2.37. The van der Waals surface area contributed by atoms with E-state index in [1.807, 2.05) is 7.05 Å². The van der Waals surface area contributed by atoms with Crippen LogP contribution >= 0.6 is 11.6 Å². The highest BCUT2D eigenvalue weighted by atomic mass is 35.5. The lowest BCUT2D eigenvalue weighted by atomic mass is 10.2. The molecule has 5 nitrogen and oxygen atoms in total. The lowest BCUT2D eigenvalue weighted by molar-refractivity contribution is 0.0941. The Morgan fingerprint density at radius 2 is 2.22 bits per heavy atom. The van der Waals surface area contributed by atoms with Crippen LogP contribution in [-0.2, 0) is 0 Å². The largest absolute Gasteiger partial charge is 0.349 e. The summed E-state index contributed by atoms with van der Waals surface area (Å²) in [6.07, 6.45) is 1.09. The average Bonchev–Trinajstić information content (AvgIpc) is 2.38. The van der Waals surface area contributed by atoms with Gasteiger partial charge in [-0.3, -0.25) is 4.79 Å². The molecule has 6 heteroatoms. The van der Waals surface area contributed by atoms with E-state index in [0.717, 1.165) is 13.0 Å². The lowest BCUT2D eigenvalue weighted by Gasteiger charge is -2.23. The van der Waals surface area contributed by atoms with E-state index in [1.54, 1.807) is 12.1 Å². The molecule has 0 spiro atoms.